The molecule has 21 nitrogen and oxygen atoms in total. The Morgan fingerprint density at radius 1 is 0.780 bits per heavy atom. The summed E-state index contributed by atoms with van der Waals surface area (Å²) in [5, 5.41) is 23.7. The summed E-state index contributed by atoms with van der Waals surface area (Å²) in [6.07, 6.45) is 9.27. The van der Waals surface area contributed by atoms with E-state index in [-0.39, 0.29) is 61.6 Å². The molecule has 21 heteroatoms. The van der Waals surface area contributed by atoms with Crippen molar-refractivity contribution >= 4 is 47.0 Å². The summed E-state index contributed by atoms with van der Waals surface area (Å²) in [5.41, 5.74) is 5.29. The molecule has 4 atom stereocenters. The Morgan fingerprint density at radius 2 is 1.55 bits per heavy atom. The topological polar surface area (TPSA) is 256 Å². The van der Waals surface area contributed by atoms with Gasteiger partial charge in [-0.3, -0.25) is 29.6 Å². The van der Waals surface area contributed by atoms with E-state index < -0.39 is 29.7 Å². The molecule has 426 valence electrons. The Balaban J connectivity index is 0.687. The number of piperidine rings is 1. The van der Waals surface area contributed by atoms with Gasteiger partial charge < -0.3 is 35.2 Å². The minimum absolute atomic E-state index is 0.00210. The number of carbonyl (C=O) groups excluding carboxylic acids is 5. The zero-order valence-corrected chi connectivity index (χ0v) is 46.9. The number of nitrogens with zero attached hydrogens (tertiary/aromatic N) is 9. The molecule has 1 aliphatic carbocycles. The van der Waals surface area contributed by atoms with Crippen LogP contribution in [0, 0.1) is 12.8 Å². The Morgan fingerprint density at radius 3 is 2.28 bits per heavy atom. The van der Waals surface area contributed by atoms with Gasteiger partial charge in [-0.25, -0.2) is 24.7 Å². The number of pyridine rings is 2. The number of aromatic amines is 1. The lowest BCUT2D eigenvalue weighted by molar-refractivity contribution is -0.133. The predicted octanol–water partition coefficient (Wildman–Crippen LogP) is 8.97. The molecule has 2 saturated heterocycles. The van der Waals surface area contributed by atoms with Crippen LogP contribution in [0.15, 0.2) is 116 Å². The lowest BCUT2D eigenvalue weighted by Crippen LogP contribution is -2.48. The average Bonchev–Trinajstić information content (AvgIpc) is 4.30. The number of nitrogens with one attached hydrogen (secondary N) is 5. The second-order valence-corrected chi connectivity index (χ2v) is 22.1. The highest BCUT2D eigenvalue weighted by Gasteiger charge is 2.46. The van der Waals surface area contributed by atoms with Crippen molar-refractivity contribution in [1.29, 1.82) is 0 Å². The molecular formula is C61H70N14O7. The van der Waals surface area contributed by atoms with E-state index in [1.54, 1.807) is 65.6 Å². The first-order valence-electron chi connectivity index (χ1n) is 28.2. The maximum atomic E-state index is 14.1. The van der Waals surface area contributed by atoms with Gasteiger partial charge in [0, 0.05) is 67.4 Å². The number of ether oxygens (including phenoxy) is 2. The summed E-state index contributed by atoms with van der Waals surface area (Å²) in [7, 11) is 0. The smallest absolute Gasteiger partial charge is 0.412 e. The van der Waals surface area contributed by atoms with Crippen LogP contribution >= 0.6 is 0 Å². The van der Waals surface area contributed by atoms with Crippen molar-refractivity contribution in [3.8, 4) is 28.3 Å². The van der Waals surface area contributed by atoms with E-state index in [1.165, 1.54) is 0 Å². The lowest BCUT2D eigenvalue weighted by Gasteiger charge is -2.35. The van der Waals surface area contributed by atoms with Crippen LogP contribution < -0.4 is 26.2 Å². The van der Waals surface area contributed by atoms with Crippen molar-refractivity contribution in [3.63, 3.8) is 0 Å². The summed E-state index contributed by atoms with van der Waals surface area (Å²) >= 11 is 0. The quantitative estimate of drug-likeness (QED) is 0.0503. The van der Waals surface area contributed by atoms with Crippen molar-refractivity contribution in [1.82, 2.24) is 55.4 Å². The van der Waals surface area contributed by atoms with Gasteiger partial charge in [-0.2, -0.15) is 14.9 Å². The molecule has 1 saturated carbocycles. The number of aromatic nitrogens is 8. The predicted molar refractivity (Wildman–Crippen MR) is 309 cm³/mol. The fraction of sp³-hybridized carbons (Fsp3) is 0.393. The van der Waals surface area contributed by atoms with E-state index >= 15 is 0 Å². The number of amides is 5. The van der Waals surface area contributed by atoms with Crippen molar-refractivity contribution in [2.24, 2.45) is 5.92 Å². The molecular weight excluding hydrogens is 1040 g/mol. The Bertz CT molecular complexity index is 3360. The van der Waals surface area contributed by atoms with Gasteiger partial charge in [-0.15, -0.1) is 0 Å². The van der Waals surface area contributed by atoms with Gasteiger partial charge in [-0.05, 0) is 138 Å². The van der Waals surface area contributed by atoms with Crippen LogP contribution in [0.1, 0.15) is 129 Å². The summed E-state index contributed by atoms with van der Waals surface area (Å²) in [6.45, 7) is 11.0. The number of fused-ring (bicyclic) bond motifs is 1. The van der Waals surface area contributed by atoms with Crippen molar-refractivity contribution in [2.75, 3.05) is 48.4 Å². The average molecular weight is 1110 g/mol. The number of benzene rings is 2. The number of aryl methyl sites for hydroxylation is 1. The second kappa shape index (κ2) is 25.3. The maximum Gasteiger partial charge on any atom is 0.412 e. The summed E-state index contributed by atoms with van der Waals surface area (Å²) in [6, 6.07) is 30.3. The highest BCUT2D eigenvalue weighted by atomic mass is 16.6. The van der Waals surface area contributed by atoms with E-state index in [0.717, 1.165) is 42.5 Å². The van der Waals surface area contributed by atoms with E-state index in [9.17, 15) is 24.0 Å². The number of carbonyl (C=O) groups is 5. The third kappa shape index (κ3) is 13.8. The molecule has 3 aliphatic rings. The molecule has 0 radical (unpaired) electrons. The Kier molecular flexibility index (Phi) is 17.4. The monoisotopic (exact) mass is 1110 g/mol. The molecule has 5 aromatic heterocycles. The van der Waals surface area contributed by atoms with Crippen molar-refractivity contribution < 1.29 is 33.4 Å². The van der Waals surface area contributed by atoms with Gasteiger partial charge in [0.15, 0.2) is 5.82 Å². The fourth-order valence-electron chi connectivity index (χ4n) is 11.1. The third-order valence-electron chi connectivity index (χ3n) is 15.2. The van der Waals surface area contributed by atoms with Gasteiger partial charge in [-0.1, -0.05) is 49.2 Å². The zero-order valence-electron chi connectivity index (χ0n) is 46.9. The minimum Gasteiger partial charge on any atom is -0.444 e. The van der Waals surface area contributed by atoms with E-state index in [4.69, 9.17) is 24.5 Å². The molecule has 3 fully saturated rings. The highest BCUT2D eigenvalue weighted by molar-refractivity contribution is 6.03. The maximum absolute atomic E-state index is 14.1. The lowest BCUT2D eigenvalue weighted by atomic mass is 9.84. The zero-order chi connectivity index (χ0) is 57.3. The molecule has 2 aromatic carbocycles. The summed E-state index contributed by atoms with van der Waals surface area (Å²) in [4.78, 5) is 89.6. The fourth-order valence-corrected chi connectivity index (χ4v) is 11.1. The number of anilines is 3. The van der Waals surface area contributed by atoms with Crippen LogP contribution in [0.2, 0.25) is 0 Å². The van der Waals surface area contributed by atoms with Crippen LogP contribution in [0.4, 0.5) is 22.1 Å². The first-order valence-corrected chi connectivity index (χ1v) is 28.2. The minimum atomic E-state index is -0.605. The number of likely N-dealkylation sites (tertiary alicyclic amines) is 1. The molecule has 0 spiro atoms. The molecule has 5 N–H and O–H groups in total. The highest BCUT2D eigenvalue weighted by Crippen LogP contribution is 2.42. The molecule has 5 amide bonds. The van der Waals surface area contributed by atoms with Crippen LogP contribution in [0.5, 0.6) is 0 Å². The van der Waals surface area contributed by atoms with Crippen LogP contribution in [0.25, 0.3) is 28.3 Å². The van der Waals surface area contributed by atoms with E-state index in [0.29, 0.717) is 89.9 Å². The molecule has 2 unspecified atom stereocenters. The Labute approximate surface area is 476 Å². The molecule has 7 aromatic rings. The number of rotatable bonds is 18. The SMILES string of the molecule is Cc1nc(C(C)NC(=O)c2ccc(-c3ccc(NC(=O)OC(C)(C)C)cc3)cc2)cc(N2C(C(=O)NCCOCCC(=O)N3CCC(c4cc(NC(=O)c5cccc(-c6ccn[nH]6)n5)n(-c5ccccn5)n4)CC3)C[C@@H]3CCCC[C@@H]32)n1. The second-order valence-electron chi connectivity index (χ2n) is 22.1. The number of hydrogen-bond acceptors (Lipinski definition) is 14. The molecule has 0 bridgehead atoms. The van der Waals surface area contributed by atoms with Crippen LogP contribution in [-0.2, 0) is 19.1 Å². The summed E-state index contributed by atoms with van der Waals surface area (Å²) in [5.74, 6) is 1.88. The first kappa shape index (κ1) is 56.4. The van der Waals surface area contributed by atoms with Crippen LogP contribution in [0.3, 0.4) is 0 Å². The van der Waals surface area contributed by atoms with Gasteiger partial charge in [0.05, 0.1) is 48.5 Å². The van der Waals surface area contributed by atoms with Crippen molar-refractivity contribution in [2.45, 2.75) is 116 Å². The normalized spacial score (nSPS) is 17.6. The largest absolute Gasteiger partial charge is 0.444 e. The van der Waals surface area contributed by atoms with E-state index in [1.807, 2.05) is 94.1 Å². The van der Waals surface area contributed by atoms with Gasteiger partial charge >= 0.3 is 6.09 Å². The standard InChI is InChI=1S/C61H70N14O7/c1-38(65-57(77)43-18-16-40(17-19-43)41-20-22-45(23-21-41)68-60(80)82-61(3,4)5)49-36-54(67-39(2)66-49)74-51-14-7-6-11-44(51)35-52(74)59(79)63-30-34-81-33-27-56(76)73-31-25-42(26-32-73)50-37-55(75(72-50)53-15-8-9-28-62-53)70-58(78)48-13-10-12-46(69-48)47-24-29-64-71-47/h8-10,12-13,15-24,28-29,36-38,42,44,51-52H,6-7,11,14,25-27,30-35H2,1-5H3,(H,63,79)(H,64,71)(H,65,77)(H,68,80)(H,70,78)/t38?,44-,51-,52?/m0/s1. The molecule has 10 rings (SSSR count). The van der Waals surface area contributed by atoms with Crippen molar-refractivity contribution in [3.05, 3.63) is 144 Å². The molecule has 82 heavy (non-hydrogen) atoms. The van der Waals surface area contributed by atoms with Crippen LogP contribution in [-0.4, -0.2) is 125 Å². The van der Waals surface area contributed by atoms with E-state index in [2.05, 4.69) is 46.3 Å². The van der Waals surface area contributed by atoms with Gasteiger partial charge in [0.2, 0.25) is 11.8 Å². The van der Waals surface area contributed by atoms with Gasteiger partial charge in [0.25, 0.3) is 11.8 Å². The number of hydrogen-bond donors (Lipinski definition) is 5. The van der Waals surface area contributed by atoms with Gasteiger partial charge in [0.1, 0.15) is 34.8 Å². The molecule has 7 heterocycles. The summed E-state index contributed by atoms with van der Waals surface area (Å²) < 4.78 is 12.9. The number of H-pyrrole nitrogens is 1. The Hall–Kier alpha value is -8.85. The third-order valence-corrected chi connectivity index (χ3v) is 15.2. The molecule has 2 aliphatic heterocycles. The first-order chi connectivity index (χ1) is 39.6.